The first-order chi connectivity index (χ1) is 5.56. The van der Waals surface area contributed by atoms with Gasteiger partial charge in [-0.3, -0.25) is 0 Å². The minimum Gasteiger partial charge on any atom is -0.390 e. The third-order valence-corrected chi connectivity index (χ3v) is 4.18. The predicted molar refractivity (Wildman–Crippen MR) is 63.0 cm³/mol. The van der Waals surface area contributed by atoms with E-state index in [2.05, 4.69) is 36.9 Å². The molecule has 0 saturated carbocycles. The van der Waals surface area contributed by atoms with E-state index in [-0.39, 0.29) is 5.41 Å². The molecule has 0 aliphatic carbocycles. The zero-order valence-electron chi connectivity index (χ0n) is 9.89. The van der Waals surface area contributed by atoms with Crippen LogP contribution in [-0.2, 0) is 0 Å². The zero-order valence-corrected chi connectivity index (χ0v) is 11.0. The Kier molecular flexibility index (Phi) is 4.40. The lowest BCUT2D eigenvalue weighted by atomic mass is 9.75. The monoisotopic (exact) mass is 204 g/mol. The lowest BCUT2D eigenvalue weighted by Gasteiger charge is -2.38. The second-order valence-corrected chi connectivity index (χ2v) is 6.47. The van der Waals surface area contributed by atoms with Crippen LogP contribution in [0.4, 0.5) is 0 Å². The molecule has 0 heterocycles. The molecule has 1 nitrogen and oxygen atoms in total. The van der Waals surface area contributed by atoms with Gasteiger partial charge in [-0.15, -0.1) is 9.24 Å². The summed E-state index contributed by atoms with van der Waals surface area (Å²) >= 11 is 0. The van der Waals surface area contributed by atoms with Crippen molar-refractivity contribution >= 4 is 9.24 Å². The van der Waals surface area contributed by atoms with Gasteiger partial charge in [0.05, 0.1) is 5.60 Å². The minimum atomic E-state index is -0.562. The van der Waals surface area contributed by atoms with Crippen molar-refractivity contribution < 1.29 is 5.11 Å². The smallest absolute Gasteiger partial charge is 0.0597 e. The molecule has 2 atom stereocenters. The Morgan fingerprint density at radius 1 is 1.15 bits per heavy atom. The highest BCUT2D eigenvalue weighted by atomic mass is 31.0. The van der Waals surface area contributed by atoms with Crippen LogP contribution in [0.5, 0.6) is 0 Å². The Labute approximate surface area is 85.5 Å². The molecule has 0 aromatic carbocycles. The topological polar surface area (TPSA) is 20.2 Å². The van der Waals surface area contributed by atoms with Crippen molar-refractivity contribution in [2.24, 2.45) is 11.3 Å². The van der Waals surface area contributed by atoms with E-state index in [0.29, 0.717) is 11.6 Å². The lowest BCUT2D eigenvalue weighted by Crippen LogP contribution is -2.36. The Balaban J connectivity index is 4.39. The molecule has 0 radical (unpaired) electrons. The van der Waals surface area contributed by atoms with Gasteiger partial charge in [0.1, 0.15) is 0 Å². The van der Waals surface area contributed by atoms with E-state index in [4.69, 9.17) is 0 Å². The van der Waals surface area contributed by atoms with Crippen LogP contribution in [0.25, 0.3) is 0 Å². The fourth-order valence-electron chi connectivity index (χ4n) is 2.14. The van der Waals surface area contributed by atoms with E-state index in [0.717, 1.165) is 6.42 Å². The molecule has 0 fully saturated rings. The van der Waals surface area contributed by atoms with E-state index in [9.17, 15) is 5.11 Å². The average molecular weight is 204 g/mol. The van der Waals surface area contributed by atoms with E-state index < -0.39 is 5.60 Å². The lowest BCUT2D eigenvalue weighted by molar-refractivity contribution is 0.0278. The van der Waals surface area contributed by atoms with E-state index in [1.807, 2.05) is 13.8 Å². The van der Waals surface area contributed by atoms with E-state index in [1.54, 1.807) is 0 Å². The van der Waals surface area contributed by atoms with Gasteiger partial charge >= 0.3 is 0 Å². The van der Waals surface area contributed by atoms with Crippen molar-refractivity contribution in [1.29, 1.82) is 0 Å². The third-order valence-electron chi connectivity index (χ3n) is 2.51. The van der Waals surface area contributed by atoms with Gasteiger partial charge in [-0.1, -0.05) is 27.7 Å². The third kappa shape index (κ3) is 4.98. The molecule has 0 aromatic heterocycles. The van der Waals surface area contributed by atoms with Gasteiger partial charge in [-0.2, -0.15) is 0 Å². The molecule has 1 N–H and O–H groups in total. The van der Waals surface area contributed by atoms with Crippen LogP contribution < -0.4 is 0 Å². The molecular weight excluding hydrogens is 179 g/mol. The summed E-state index contributed by atoms with van der Waals surface area (Å²) in [5.74, 6) is 0.641. The largest absolute Gasteiger partial charge is 0.390 e. The second-order valence-electron chi connectivity index (χ2n) is 5.75. The molecule has 80 valence electrons. The fraction of sp³-hybridized carbons (Fsp3) is 1.00. The van der Waals surface area contributed by atoms with Crippen LogP contribution in [0.3, 0.4) is 0 Å². The Hall–Kier alpha value is 0.390. The molecule has 13 heavy (non-hydrogen) atoms. The summed E-state index contributed by atoms with van der Waals surface area (Å²) in [4.78, 5) is 0. The van der Waals surface area contributed by atoms with Gasteiger partial charge in [0.2, 0.25) is 0 Å². The van der Waals surface area contributed by atoms with Crippen LogP contribution in [0.2, 0.25) is 0 Å². The van der Waals surface area contributed by atoms with Crippen LogP contribution in [0, 0.1) is 11.3 Å². The summed E-state index contributed by atoms with van der Waals surface area (Å²) in [5.41, 5.74) is 0.170. The highest BCUT2D eigenvalue weighted by molar-refractivity contribution is 7.17. The van der Waals surface area contributed by atoms with Crippen molar-refractivity contribution in [3.63, 3.8) is 0 Å². The van der Waals surface area contributed by atoms with Gasteiger partial charge in [-0.05, 0) is 37.3 Å². The molecule has 2 heteroatoms. The van der Waals surface area contributed by atoms with E-state index >= 15 is 0 Å². The van der Waals surface area contributed by atoms with Crippen molar-refractivity contribution in [3.05, 3.63) is 0 Å². The van der Waals surface area contributed by atoms with Crippen molar-refractivity contribution in [2.45, 2.75) is 59.2 Å². The standard InChI is InChI=1S/C11H25OP/c1-8(2)9(13)10(3,4)7-11(5,6)12/h8-9,12H,7,13H2,1-6H3. The maximum absolute atomic E-state index is 9.77. The first-order valence-electron chi connectivity index (χ1n) is 5.04. The van der Waals surface area contributed by atoms with Gasteiger partial charge in [0.25, 0.3) is 0 Å². The molecule has 0 saturated heterocycles. The van der Waals surface area contributed by atoms with Gasteiger partial charge in [0.15, 0.2) is 0 Å². The molecule has 0 aromatic rings. The summed E-state index contributed by atoms with van der Waals surface area (Å²) in [6.45, 7) is 12.7. The molecule has 0 spiro atoms. The average Bonchev–Trinajstić information content (AvgIpc) is 1.80. The highest BCUT2D eigenvalue weighted by Crippen LogP contribution is 2.38. The number of rotatable bonds is 4. The van der Waals surface area contributed by atoms with Crippen LogP contribution in [-0.4, -0.2) is 16.4 Å². The number of hydrogen-bond donors (Lipinski definition) is 1. The molecule has 0 aliphatic heterocycles. The Bertz CT molecular complexity index is 156. The van der Waals surface area contributed by atoms with Gasteiger partial charge in [0, 0.05) is 0 Å². The quantitative estimate of drug-likeness (QED) is 0.698. The molecular formula is C11H25OP. The van der Waals surface area contributed by atoms with Crippen LogP contribution in [0.15, 0.2) is 0 Å². The summed E-state index contributed by atoms with van der Waals surface area (Å²) < 4.78 is 0. The van der Waals surface area contributed by atoms with Crippen molar-refractivity contribution in [1.82, 2.24) is 0 Å². The maximum Gasteiger partial charge on any atom is 0.0597 e. The van der Waals surface area contributed by atoms with Crippen LogP contribution >= 0.6 is 9.24 Å². The maximum atomic E-state index is 9.77. The normalized spacial score (nSPS) is 16.4. The predicted octanol–water partition coefficient (Wildman–Crippen LogP) is 3.07. The number of aliphatic hydroxyl groups is 1. The van der Waals surface area contributed by atoms with Gasteiger partial charge in [-0.25, -0.2) is 0 Å². The van der Waals surface area contributed by atoms with Crippen molar-refractivity contribution in [2.75, 3.05) is 0 Å². The zero-order chi connectivity index (χ0) is 10.9. The molecule has 2 unspecified atom stereocenters. The van der Waals surface area contributed by atoms with E-state index in [1.165, 1.54) is 0 Å². The summed E-state index contributed by atoms with van der Waals surface area (Å²) in [7, 11) is 2.91. The number of hydrogen-bond acceptors (Lipinski definition) is 1. The first kappa shape index (κ1) is 13.4. The summed E-state index contributed by atoms with van der Waals surface area (Å²) in [6, 6.07) is 0. The summed E-state index contributed by atoms with van der Waals surface area (Å²) in [6.07, 6.45) is 0.840. The minimum absolute atomic E-state index is 0.178. The SMILES string of the molecule is CC(C)C(P)C(C)(C)CC(C)(C)O. The van der Waals surface area contributed by atoms with Gasteiger partial charge < -0.3 is 5.11 Å². The summed E-state index contributed by atoms with van der Waals surface area (Å²) in [5, 5.41) is 9.77. The highest BCUT2D eigenvalue weighted by Gasteiger charge is 2.33. The second kappa shape index (κ2) is 4.28. The Morgan fingerprint density at radius 3 is 1.77 bits per heavy atom. The fourth-order valence-corrected chi connectivity index (χ4v) is 2.25. The first-order valence-corrected chi connectivity index (χ1v) is 5.71. The molecule has 0 amide bonds. The molecule has 0 bridgehead atoms. The molecule has 0 aliphatic rings. The van der Waals surface area contributed by atoms with Crippen LogP contribution in [0.1, 0.15) is 48.0 Å². The Morgan fingerprint density at radius 2 is 1.54 bits per heavy atom. The molecule has 0 rings (SSSR count). The van der Waals surface area contributed by atoms with Crippen molar-refractivity contribution in [3.8, 4) is 0 Å².